The van der Waals surface area contributed by atoms with E-state index in [0.29, 0.717) is 4.47 Å². The molecule has 3 N–H and O–H groups in total. The molecule has 1 rings (SSSR count). The van der Waals surface area contributed by atoms with Crippen LogP contribution in [0.2, 0.25) is 0 Å². The van der Waals surface area contributed by atoms with E-state index in [9.17, 15) is 15.2 Å². The largest absolute Gasteiger partial charge is 0.507 e. The number of nitro benzene ring substituents is 1. The van der Waals surface area contributed by atoms with Gasteiger partial charge in [0.2, 0.25) is 0 Å². The molecule has 7 heteroatoms. The van der Waals surface area contributed by atoms with Crippen LogP contribution in [0.25, 0.3) is 0 Å². The van der Waals surface area contributed by atoms with Gasteiger partial charge in [-0.1, -0.05) is 0 Å². The second-order valence-corrected chi connectivity index (χ2v) is 3.58. The second kappa shape index (κ2) is 4.94. The second-order valence-electron chi connectivity index (χ2n) is 2.73. The van der Waals surface area contributed by atoms with Crippen molar-refractivity contribution in [3.63, 3.8) is 0 Å². The van der Waals surface area contributed by atoms with E-state index >= 15 is 0 Å². The van der Waals surface area contributed by atoms with Crippen LogP contribution in [0.5, 0.6) is 5.75 Å². The average molecular weight is 277 g/mol. The van der Waals surface area contributed by atoms with E-state index in [4.69, 9.17) is 5.11 Å². The van der Waals surface area contributed by atoms with E-state index in [0.717, 1.165) is 6.07 Å². The molecule has 6 nitrogen and oxygen atoms in total. The molecule has 0 bridgehead atoms. The van der Waals surface area contributed by atoms with E-state index in [1.165, 1.54) is 6.07 Å². The Morgan fingerprint density at radius 3 is 2.73 bits per heavy atom. The van der Waals surface area contributed by atoms with Gasteiger partial charge in [-0.05, 0) is 22.0 Å². The van der Waals surface area contributed by atoms with Crippen LogP contribution < -0.4 is 5.32 Å². The average Bonchev–Trinajstić information content (AvgIpc) is 2.19. The standard InChI is InChI=1S/C8H9BrN2O4/c9-5-3-6(10-1-2-12)7(11(14)15)4-8(5)13/h3-4,10,12-13H,1-2H2. The van der Waals surface area contributed by atoms with Gasteiger partial charge in [-0.25, -0.2) is 0 Å². The maximum Gasteiger partial charge on any atom is 0.296 e. The molecule has 1 aromatic carbocycles. The Labute approximate surface area is 93.8 Å². The quantitative estimate of drug-likeness (QED) is 0.440. The maximum atomic E-state index is 10.6. The fourth-order valence-corrected chi connectivity index (χ4v) is 1.38. The molecule has 0 aliphatic carbocycles. The number of anilines is 1. The first-order valence-corrected chi connectivity index (χ1v) is 4.87. The summed E-state index contributed by atoms with van der Waals surface area (Å²) in [4.78, 5) is 10.0. The Bertz CT molecular complexity index is 383. The number of hydrogen-bond acceptors (Lipinski definition) is 5. The number of aliphatic hydroxyl groups is 1. The van der Waals surface area contributed by atoms with Gasteiger partial charge >= 0.3 is 0 Å². The van der Waals surface area contributed by atoms with Gasteiger partial charge < -0.3 is 15.5 Å². The van der Waals surface area contributed by atoms with E-state index < -0.39 is 4.92 Å². The van der Waals surface area contributed by atoms with Crippen LogP contribution in [0.3, 0.4) is 0 Å². The zero-order valence-electron chi connectivity index (χ0n) is 7.61. The smallest absolute Gasteiger partial charge is 0.296 e. The molecule has 0 aromatic heterocycles. The van der Waals surface area contributed by atoms with Crippen LogP contribution in [0.15, 0.2) is 16.6 Å². The summed E-state index contributed by atoms with van der Waals surface area (Å²) in [6.07, 6.45) is 0. The summed E-state index contributed by atoms with van der Waals surface area (Å²) in [6.45, 7) is 0.0771. The van der Waals surface area contributed by atoms with Gasteiger partial charge in [0.15, 0.2) is 0 Å². The van der Waals surface area contributed by atoms with E-state index in [1.54, 1.807) is 0 Å². The normalized spacial score (nSPS) is 10.0. The molecule has 15 heavy (non-hydrogen) atoms. The van der Waals surface area contributed by atoms with Gasteiger partial charge in [0.05, 0.1) is 22.1 Å². The summed E-state index contributed by atoms with van der Waals surface area (Å²) in [5.41, 5.74) is 0.0166. The van der Waals surface area contributed by atoms with Crippen LogP contribution in [-0.2, 0) is 0 Å². The fraction of sp³-hybridized carbons (Fsp3) is 0.250. The van der Waals surface area contributed by atoms with E-state index in [-0.39, 0.29) is 30.3 Å². The van der Waals surface area contributed by atoms with Crippen molar-refractivity contribution in [1.29, 1.82) is 0 Å². The molecule has 1 aromatic rings. The lowest BCUT2D eigenvalue weighted by atomic mass is 10.2. The number of aliphatic hydroxyl groups excluding tert-OH is 1. The molecule has 0 fully saturated rings. The Morgan fingerprint density at radius 2 is 2.20 bits per heavy atom. The van der Waals surface area contributed by atoms with Crippen LogP contribution in [0.1, 0.15) is 0 Å². The fourth-order valence-electron chi connectivity index (χ4n) is 1.03. The van der Waals surface area contributed by atoms with E-state index in [1.807, 2.05) is 0 Å². The number of aromatic hydroxyl groups is 1. The first-order valence-electron chi connectivity index (χ1n) is 4.08. The third-order valence-corrected chi connectivity index (χ3v) is 2.32. The maximum absolute atomic E-state index is 10.6. The van der Waals surface area contributed by atoms with E-state index in [2.05, 4.69) is 21.2 Å². The number of nitrogens with one attached hydrogen (secondary N) is 1. The number of hydrogen-bond donors (Lipinski definition) is 3. The highest BCUT2D eigenvalue weighted by molar-refractivity contribution is 9.10. The molecule has 0 spiro atoms. The van der Waals surface area contributed by atoms with Crippen LogP contribution in [-0.4, -0.2) is 28.3 Å². The summed E-state index contributed by atoms with van der Waals surface area (Å²) < 4.78 is 0.355. The number of phenolic OH excluding ortho intramolecular Hbond substituents is 1. The molecule has 0 aliphatic heterocycles. The van der Waals surface area contributed by atoms with Crippen LogP contribution in [0, 0.1) is 10.1 Å². The Kier molecular flexibility index (Phi) is 3.87. The van der Waals surface area contributed by atoms with Crippen molar-refractivity contribution < 1.29 is 15.1 Å². The zero-order valence-corrected chi connectivity index (χ0v) is 9.19. The van der Waals surface area contributed by atoms with Gasteiger partial charge in [0.25, 0.3) is 5.69 Å². The number of nitrogens with zero attached hydrogens (tertiary/aromatic N) is 1. The van der Waals surface area contributed by atoms with Crippen molar-refractivity contribution in [2.45, 2.75) is 0 Å². The minimum Gasteiger partial charge on any atom is -0.507 e. The predicted molar refractivity (Wildman–Crippen MR) is 58.0 cm³/mol. The molecule has 0 amide bonds. The molecule has 0 heterocycles. The van der Waals surface area contributed by atoms with Crippen LogP contribution >= 0.6 is 15.9 Å². The van der Waals surface area contributed by atoms with Gasteiger partial charge in [-0.15, -0.1) is 0 Å². The molecule has 0 atom stereocenters. The summed E-state index contributed by atoms with van der Waals surface area (Å²) in [6, 6.07) is 2.44. The van der Waals surface area contributed by atoms with Gasteiger partial charge in [0, 0.05) is 6.54 Å². The lowest BCUT2D eigenvalue weighted by molar-refractivity contribution is -0.384. The van der Waals surface area contributed by atoms with Crippen LogP contribution in [0.4, 0.5) is 11.4 Å². The summed E-state index contributed by atoms with van der Waals surface area (Å²) in [7, 11) is 0. The van der Waals surface area contributed by atoms with Crippen molar-refractivity contribution >= 4 is 27.3 Å². The number of halogens is 1. The Morgan fingerprint density at radius 1 is 1.53 bits per heavy atom. The molecular weight excluding hydrogens is 268 g/mol. The number of nitro groups is 1. The highest BCUT2D eigenvalue weighted by Gasteiger charge is 2.16. The summed E-state index contributed by atoms with van der Waals surface area (Å²) in [5.74, 6) is -0.198. The number of rotatable bonds is 4. The molecule has 0 radical (unpaired) electrons. The summed E-state index contributed by atoms with van der Waals surface area (Å²) >= 11 is 3.05. The molecule has 0 unspecified atom stereocenters. The zero-order chi connectivity index (χ0) is 11.4. The first-order chi connectivity index (χ1) is 7.06. The topological polar surface area (TPSA) is 95.6 Å². The van der Waals surface area contributed by atoms with Crippen molar-refractivity contribution in [3.8, 4) is 5.75 Å². The van der Waals surface area contributed by atoms with Crippen molar-refractivity contribution in [2.75, 3.05) is 18.5 Å². The molecule has 82 valence electrons. The Hall–Kier alpha value is -1.34. The Balaban J connectivity index is 3.10. The monoisotopic (exact) mass is 276 g/mol. The molecule has 0 saturated heterocycles. The van der Waals surface area contributed by atoms with Crippen molar-refractivity contribution in [1.82, 2.24) is 0 Å². The third kappa shape index (κ3) is 2.80. The first kappa shape index (κ1) is 11.7. The molecule has 0 aliphatic rings. The minimum atomic E-state index is -0.605. The number of phenols is 1. The predicted octanol–water partition coefficient (Wildman–Crippen LogP) is 1.47. The molecule has 0 saturated carbocycles. The SMILES string of the molecule is O=[N+]([O-])c1cc(O)c(Br)cc1NCCO. The summed E-state index contributed by atoms with van der Waals surface area (Å²) in [5, 5.41) is 31.2. The number of benzene rings is 1. The van der Waals surface area contributed by atoms with Gasteiger partial charge in [-0.2, -0.15) is 0 Å². The lowest BCUT2D eigenvalue weighted by Crippen LogP contribution is -2.07. The third-order valence-electron chi connectivity index (χ3n) is 1.69. The molecular formula is C8H9BrN2O4. The minimum absolute atomic E-state index is 0.129. The van der Waals surface area contributed by atoms with Gasteiger partial charge in [-0.3, -0.25) is 10.1 Å². The van der Waals surface area contributed by atoms with Crippen molar-refractivity contribution in [2.24, 2.45) is 0 Å². The van der Waals surface area contributed by atoms with Crippen molar-refractivity contribution in [3.05, 3.63) is 26.7 Å². The highest BCUT2D eigenvalue weighted by atomic mass is 79.9. The highest BCUT2D eigenvalue weighted by Crippen LogP contribution is 2.34. The van der Waals surface area contributed by atoms with Gasteiger partial charge in [0.1, 0.15) is 11.4 Å². The lowest BCUT2D eigenvalue weighted by Gasteiger charge is -2.06.